The van der Waals surface area contributed by atoms with Gasteiger partial charge < -0.3 is 14.4 Å². The summed E-state index contributed by atoms with van der Waals surface area (Å²) in [6.45, 7) is 0.700. The molecule has 1 fully saturated rings. The van der Waals surface area contributed by atoms with Crippen molar-refractivity contribution in [2.45, 2.75) is 24.6 Å². The molecule has 3 amide bonds. The molecule has 0 saturated carbocycles. The lowest BCUT2D eigenvalue weighted by molar-refractivity contribution is -0.129. The highest BCUT2D eigenvalue weighted by atomic mass is 32.2. The summed E-state index contributed by atoms with van der Waals surface area (Å²) in [7, 11) is 3.41. The topological polar surface area (TPSA) is 84.9 Å². The molecule has 0 radical (unpaired) electrons. The van der Waals surface area contributed by atoms with Crippen molar-refractivity contribution in [2.24, 2.45) is 0 Å². The van der Waals surface area contributed by atoms with Crippen LogP contribution in [0.4, 0.5) is 4.79 Å². The smallest absolute Gasteiger partial charge is 0.286 e. The average Bonchev–Trinajstić information content (AvgIpc) is 3.28. The van der Waals surface area contributed by atoms with Gasteiger partial charge in [0.1, 0.15) is 5.75 Å². The second kappa shape index (κ2) is 12.4. The van der Waals surface area contributed by atoms with Crippen LogP contribution >= 0.6 is 11.8 Å². The molecule has 204 valence electrons. The number of nitrogens with zero attached hydrogens (tertiary/aromatic N) is 1. The number of thioether (sulfide) groups is 1. The molecular formula is C32H30N2O5S. The van der Waals surface area contributed by atoms with Crippen LogP contribution in [0.3, 0.4) is 0 Å². The number of benzene rings is 4. The first-order chi connectivity index (χ1) is 19.4. The zero-order valence-corrected chi connectivity index (χ0v) is 23.2. The molecule has 5 rings (SSSR count). The second-order valence-corrected chi connectivity index (χ2v) is 11.0. The zero-order chi connectivity index (χ0) is 28.1. The van der Waals surface area contributed by atoms with Crippen LogP contribution in [0.1, 0.15) is 16.7 Å². The molecule has 0 spiro atoms. The van der Waals surface area contributed by atoms with Crippen molar-refractivity contribution in [2.75, 3.05) is 21.0 Å². The molecule has 8 heteroatoms. The zero-order valence-electron chi connectivity index (χ0n) is 22.4. The molecule has 4 aromatic rings. The minimum Gasteiger partial charge on any atom is -0.468 e. The lowest BCUT2D eigenvalue weighted by Gasteiger charge is -2.18. The molecule has 1 atom stereocenters. The third-order valence-corrected chi connectivity index (χ3v) is 7.80. The minimum atomic E-state index is -0.377. The SMILES string of the molecule is COCOc1ccc2cc(CC(=O)N(C)Cc3cccc(-c4ccc(CC5SC(=O)NC5=O)cc4)c3)ccc2c1. The van der Waals surface area contributed by atoms with E-state index in [0.29, 0.717) is 19.4 Å². The molecule has 1 aliphatic rings. The van der Waals surface area contributed by atoms with E-state index in [0.717, 1.165) is 56.1 Å². The first kappa shape index (κ1) is 27.4. The van der Waals surface area contributed by atoms with Gasteiger partial charge in [-0.25, -0.2) is 0 Å². The number of rotatable bonds is 10. The summed E-state index contributed by atoms with van der Waals surface area (Å²) in [6, 6.07) is 28.1. The molecule has 1 heterocycles. The molecule has 1 N–H and O–H groups in total. The Morgan fingerprint density at radius 3 is 2.38 bits per heavy atom. The van der Waals surface area contributed by atoms with Gasteiger partial charge in [-0.15, -0.1) is 0 Å². The molecule has 1 aliphatic heterocycles. The van der Waals surface area contributed by atoms with Crippen molar-refractivity contribution in [1.82, 2.24) is 10.2 Å². The summed E-state index contributed by atoms with van der Waals surface area (Å²) in [6.07, 6.45) is 0.828. The highest BCUT2D eigenvalue weighted by molar-refractivity contribution is 8.15. The van der Waals surface area contributed by atoms with E-state index >= 15 is 0 Å². The quantitative estimate of drug-likeness (QED) is 0.258. The van der Waals surface area contributed by atoms with Crippen molar-refractivity contribution in [1.29, 1.82) is 0 Å². The predicted octanol–water partition coefficient (Wildman–Crippen LogP) is 5.58. The van der Waals surface area contributed by atoms with Crippen molar-refractivity contribution in [3.63, 3.8) is 0 Å². The first-order valence-electron chi connectivity index (χ1n) is 13.0. The van der Waals surface area contributed by atoms with Crippen LogP contribution in [-0.4, -0.2) is 48.2 Å². The first-order valence-corrected chi connectivity index (χ1v) is 13.8. The number of likely N-dealkylation sites (N-methyl/N-ethyl adjacent to an activating group) is 1. The van der Waals surface area contributed by atoms with E-state index in [4.69, 9.17) is 9.47 Å². The van der Waals surface area contributed by atoms with Crippen LogP contribution in [0.5, 0.6) is 5.75 Å². The third-order valence-electron chi connectivity index (χ3n) is 6.82. The molecule has 0 aliphatic carbocycles. The van der Waals surface area contributed by atoms with E-state index in [1.807, 2.05) is 85.9 Å². The number of nitrogens with one attached hydrogen (secondary N) is 1. The second-order valence-electron chi connectivity index (χ2n) is 9.81. The van der Waals surface area contributed by atoms with Crippen molar-refractivity contribution in [3.05, 3.63) is 102 Å². The number of fused-ring (bicyclic) bond motifs is 1. The van der Waals surface area contributed by atoms with E-state index in [2.05, 4.69) is 11.4 Å². The number of hydrogen-bond acceptors (Lipinski definition) is 6. The number of methoxy groups -OCH3 is 1. The Hall–Kier alpha value is -4.14. The Labute approximate surface area is 237 Å². The van der Waals surface area contributed by atoms with E-state index in [1.54, 1.807) is 12.0 Å². The van der Waals surface area contributed by atoms with Crippen LogP contribution in [0, 0.1) is 0 Å². The predicted molar refractivity (Wildman–Crippen MR) is 157 cm³/mol. The van der Waals surface area contributed by atoms with Gasteiger partial charge in [0.15, 0.2) is 6.79 Å². The van der Waals surface area contributed by atoms with Gasteiger partial charge >= 0.3 is 0 Å². The largest absolute Gasteiger partial charge is 0.468 e. The maximum absolute atomic E-state index is 13.0. The minimum absolute atomic E-state index is 0.0430. The molecule has 1 saturated heterocycles. The molecule has 0 bridgehead atoms. The highest BCUT2D eigenvalue weighted by Gasteiger charge is 2.31. The maximum Gasteiger partial charge on any atom is 0.286 e. The monoisotopic (exact) mass is 554 g/mol. The van der Waals surface area contributed by atoms with Gasteiger partial charge in [0.25, 0.3) is 5.24 Å². The molecule has 7 nitrogen and oxygen atoms in total. The van der Waals surface area contributed by atoms with Crippen molar-refractivity contribution < 1.29 is 23.9 Å². The lowest BCUT2D eigenvalue weighted by atomic mass is 10.00. The fourth-order valence-electron chi connectivity index (χ4n) is 4.70. The third kappa shape index (κ3) is 6.70. The van der Waals surface area contributed by atoms with E-state index in [9.17, 15) is 14.4 Å². The lowest BCUT2D eigenvalue weighted by Crippen LogP contribution is -2.27. The number of hydrogen-bond donors (Lipinski definition) is 1. The van der Waals surface area contributed by atoms with Crippen LogP contribution < -0.4 is 10.1 Å². The van der Waals surface area contributed by atoms with Crippen LogP contribution in [0.25, 0.3) is 21.9 Å². The van der Waals surface area contributed by atoms with Gasteiger partial charge in [-0.2, -0.15) is 0 Å². The normalized spacial score (nSPS) is 14.8. The van der Waals surface area contributed by atoms with Gasteiger partial charge in [0, 0.05) is 20.7 Å². The Kier molecular flexibility index (Phi) is 8.48. The van der Waals surface area contributed by atoms with Gasteiger partial charge in [-0.05, 0) is 63.2 Å². The van der Waals surface area contributed by atoms with Gasteiger partial charge in [0.05, 0.1) is 11.7 Å². The van der Waals surface area contributed by atoms with Crippen molar-refractivity contribution in [3.8, 4) is 16.9 Å². The van der Waals surface area contributed by atoms with Crippen LogP contribution in [0.2, 0.25) is 0 Å². The van der Waals surface area contributed by atoms with Crippen LogP contribution in [-0.2, 0) is 33.7 Å². The van der Waals surface area contributed by atoms with E-state index in [1.165, 1.54) is 0 Å². The van der Waals surface area contributed by atoms with Crippen LogP contribution in [0.15, 0.2) is 84.9 Å². The summed E-state index contributed by atoms with van der Waals surface area (Å²) in [5.74, 6) is 0.556. The summed E-state index contributed by atoms with van der Waals surface area (Å²) in [5, 5.41) is 3.76. The molecule has 1 unspecified atom stereocenters. The number of imide groups is 1. The Morgan fingerprint density at radius 1 is 0.875 bits per heavy atom. The number of carbonyl (C=O) groups is 3. The standard InChI is InChI=1S/C32H30N2O5S/c1-34(30(35)17-22-8-11-27-18-28(39-20-38-2)13-12-26(27)14-22)19-23-4-3-5-25(15-23)24-9-6-21(7-10-24)16-29-31(36)33-32(37)40-29/h3-15,18,29H,16-17,19-20H2,1-2H3,(H,33,36,37). The molecule has 40 heavy (non-hydrogen) atoms. The molecule has 4 aromatic carbocycles. The van der Waals surface area contributed by atoms with Gasteiger partial charge in [0.2, 0.25) is 11.8 Å². The van der Waals surface area contributed by atoms with Gasteiger partial charge in [-0.3, -0.25) is 19.7 Å². The maximum atomic E-state index is 13.0. The number of carbonyl (C=O) groups excluding carboxylic acids is 3. The van der Waals surface area contributed by atoms with E-state index in [-0.39, 0.29) is 29.1 Å². The molecule has 0 aromatic heterocycles. The Bertz CT molecular complexity index is 1550. The fourth-order valence-corrected chi connectivity index (χ4v) is 5.56. The highest BCUT2D eigenvalue weighted by Crippen LogP contribution is 2.26. The summed E-state index contributed by atoms with van der Waals surface area (Å²) in [5.41, 5.74) is 5.10. The summed E-state index contributed by atoms with van der Waals surface area (Å²) < 4.78 is 10.5. The van der Waals surface area contributed by atoms with Gasteiger partial charge in [-0.1, -0.05) is 78.5 Å². The van der Waals surface area contributed by atoms with E-state index < -0.39 is 0 Å². The number of amides is 3. The average molecular weight is 555 g/mol. The summed E-state index contributed by atoms with van der Waals surface area (Å²) >= 11 is 1.04. The molecular weight excluding hydrogens is 524 g/mol. The fraction of sp³-hybridized carbons (Fsp3) is 0.219. The Morgan fingerprint density at radius 2 is 1.62 bits per heavy atom. The number of ether oxygens (including phenoxy) is 2. The summed E-state index contributed by atoms with van der Waals surface area (Å²) in [4.78, 5) is 38.1. The Balaban J connectivity index is 1.20. The van der Waals surface area contributed by atoms with Crippen molar-refractivity contribution >= 4 is 39.6 Å².